The average Bonchev–Trinajstić information content (AvgIpc) is 1.34. The van der Waals surface area contributed by atoms with E-state index in [0.717, 1.165) is 146 Å². The third-order valence-electron chi connectivity index (χ3n) is 24.6. The van der Waals surface area contributed by atoms with Crippen LogP contribution >= 0.6 is 0 Å². The van der Waals surface area contributed by atoms with Crippen molar-refractivity contribution in [2.24, 2.45) is 0 Å². The third kappa shape index (κ3) is 11.5. The second-order valence-electron chi connectivity index (χ2n) is 33.7. The maximum Gasteiger partial charge on any atom is 0.252 e. The fourth-order valence-electron chi connectivity index (χ4n) is 19.0. The highest BCUT2D eigenvalue weighted by atomic mass is 15.2. The highest BCUT2D eigenvalue weighted by molar-refractivity contribution is 7.00. The number of anilines is 9. The summed E-state index contributed by atoms with van der Waals surface area (Å²) in [7, 11) is 0. The molecule has 0 radical (unpaired) electrons. The Morgan fingerprint density at radius 2 is 0.521 bits per heavy atom. The Kier molecular flexibility index (Phi) is 16.1. The summed E-state index contributed by atoms with van der Waals surface area (Å²) in [4.78, 5) is 7.69. The van der Waals surface area contributed by atoms with Crippen molar-refractivity contribution in [1.82, 2.24) is 13.7 Å². The number of aromatic nitrogens is 3. The first kappa shape index (κ1) is 69.3. The number of para-hydroxylation sites is 5. The Balaban J connectivity index is 0.894. The number of hydrogen-bond donors (Lipinski definition) is 0. The topological polar surface area (TPSA) is 24.5 Å². The van der Waals surface area contributed by atoms with Crippen LogP contribution < -0.4 is 31.1 Å². The van der Waals surface area contributed by atoms with Crippen molar-refractivity contribution < 1.29 is 0 Å². The molecule has 7 heteroatoms. The molecule has 2 aliphatic heterocycles. The molecule has 0 saturated carbocycles. The van der Waals surface area contributed by atoms with Crippen LogP contribution in [0.3, 0.4) is 0 Å². The van der Waals surface area contributed by atoms with Gasteiger partial charge < -0.3 is 28.4 Å². The molecule has 5 heterocycles. The number of rotatable bonds is 12. The van der Waals surface area contributed by atoms with Crippen molar-refractivity contribution in [1.29, 1.82) is 0 Å². The molecule has 0 N–H and O–H groups in total. The standard InChI is InChI=1S/C110H83BN6/c1-109(2,3)80-49-56-101-93(65-80)94-66-81(110(4,5)6)50-57-102(94)114(101)86-52-55-97-105(69-86)117(88-63-78(74-35-17-9-18-36-74)60-79(64-88)75-37-19-10-20-38-75)107-71-89(115-100-48-30-27-45-92(100)95-67-84(53-58-103(95)115)112(82-39-21-11-22-40-82)83-41-23-12-24-42-83)70-106-108(107)111(97)96-54-51-85(113-98-46-28-25-43-90(98)91-44-26-29-47-99(91)113)68-104(96)116(106)87-61-76(72-31-13-7-14-32-72)59-77(62-87)73-33-15-8-16-34-73/h7-71H,1-6H3. The van der Waals surface area contributed by atoms with E-state index in [-0.39, 0.29) is 17.5 Å². The van der Waals surface area contributed by atoms with Crippen molar-refractivity contribution in [3.05, 3.63) is 405 Å². The van der Waals surface area contributed by atoms with Crippen molar-refractivity contribution in [3.8, 4) is 61.6 Å². The van der Waals surface area contributed by atoms with Crippen LogP contribution in [-0.2, 0) is 10.8 Å². The van der Waals surface area contributed by atoms with Crippen LogP contribution in [0.15, 0.2) is 394 Å². The maximum absolute atomic E-state index is 2.66. The Hall–Kier alpha value is -14.4. The van der Waals surface area contributed by atoms with E-state index in [1.165, 1.54) is 60.1 Å². The van der Waals surface area contributed by atoms with E-state index in [1.807, 2.05) is 0 Å². The van der Waals surface area contributed by atoms with Gasteiger partial charge in [0.15, 0.2) is 0 Å². The summed E-state index contributed by atoms with van der Waals surface area (Å²) in [5.41, 5.74) is 34.8. The molecule has 0 unspecified atom stereocenters. The van der Waals surface area contributed by atoms with Crippen molar-refractivity contribution in [2.45, 2.75) is 52.4 Å². The molecule has 0 fully saturated rings. The van der Waals surface area contributed by atoms with Gasteiger partial charge >= 0.3 is 0 Å². The molecule has 0 amide bonds. The number of benzene rings is 17. The van der Waals surface area contributed by atoms with E-state index < -0.39 is 0 Å². The Bertz CT molecular complexity index is 7040. The lowest BCUT2D eigenvalue weighted by molar-refractivity contribution is 0.590. The molecule has 17 aromatic carbocycles. The van der Waals surface area contributed by atoms with Gasteiger partial charge in [0.25, 0.3) is 6.71 Å². The summed E-state index contributed by atoms with van der Waals surface area (Å²) in [5.74, 6) is 0. The SMILES string of the molecule is CC(C)(C)c1ccc2c(c1)c1cc(C(C)(C)C)ccc1n2-c1ccc2c(c1)N(c1cc(-c3ccccc3)cc(-c3ccccc3)c1)c1cc(-n3c4ccccc4c4cc(N(c5ccccc5)c5ccccc5)ccc43)cc3c1B2c1ccc(-n2c4ccccc4c4ccccc42)cc1N3c1cc(-c2ccccc2)cc(-c2ccccc2)c1. The Morgan fingerprint density at radius 3 is 0.897 bits per heavy atom. The van der Waals surface area contributed by atoms with E-state index >= 15 is 0 Å². The minimum Gasteiger partial charge on any atom is -0.311 e. The van der Waals surface area contributed by atoms with Gasteiger partial charge in [-0.2, -0.15) is 0 Å². The van der Waals surface area contributed by atoms with Crippen LogP contribution in [-0.4, -0.2) is 20.4 Å². The van der Waals surface area contributed by atoms with Gasteiger partial charge in [0.05, 0.1) is 38.8 Å². The monoisotopic (exact) mass is 1500 g/mol. The van der Waals surface area contributed by atoms with Crippen LogP contribution in [0.2, 0.25) is 0 Å². The normalized spacial score (nSPS) is 12.6. The minimum absolute atomic E-state index is 0.0758. The van der Waals surface area contributed by atoms with Gasteiger partial charge in [-0.25, -0.2) is 0 Å². The second-order valence-corrected chi connectivity index (χ2v) is 33.7. The predicted octanol–water partition coefficient (Wildman–Crippen LogP) is 27.8. The highest BCUT2D eigenvalue weighted by Gasteiger charge is 2.45. The lowest BCUT2D eigenvalue weighted by Gasteiger charge is -2.45. The molecular weight excluding hydrogens is 1420 g/mol. The molecule has 6 nitrogen and oxygen atoms in total. The Morgan fingerprint density at radius 1 is 0.214 bits per heavy atom. The number of hydrogen-bond acceptors (Lipinski definition) is 3. The lowest BCUT2D eigenvalue weighted by Crippen LogP contribution is -2.61. The summed E-state index contributed by atoms with van der Waals surface area (Å²) in [6, 6.07) is 148. The zero-order valence-electron chi connectivity index (χ0n) is 66.3. The molecule has 20 aromatic rings. The molecule has 0 aliphatic carbocycles. The quantitative estimate of drug-likeness (QED) is 0.114. The smallest absolute Gasteiger partial charge is 0.252 e. The van der Waals surface area contributed by atoms with Gasteiger partial charge in [-0.05, 0) is 241 Å². The van der Waals surface area contributed by atoms with E-state index in [2.05, 4.69) is 464 Å². The van der Waals surface area contributed by atoms with Crippen molar-refractivity contribution in [3.63, 3.8) is 0 Å². The Labute approximate surface area is 683 Å². The fraction of sp³-hybridized carbons (Fsp3) is 0.0727. The second kappa shape index (κ2) is 27.2. The van der Waals surface area contributed by atoms with Crippen molar-refractivity contribution in [2.75, 3.05) is 14.7 Å². The molecular formula is C110H83BN6. The minimum atomic E-state index is -0.288. The maximum atomic E-state index is 2.66. The number of nitrogens with zero attached hydrogens (tertiary/aromatic N) is 6. The first-order chi connectivity index (χ1) is 57.3. The lowest BCUT2D eigenvalue weighted by atomic mass is 9.33. The molecule has 3 aromatic heterocycles. The van der Waals surface area contributed by atoms with E-state index in [0.29, 0.717) is 0 Å². The van der Waals surface area contributed by atoms with Crippen LogP contribution in [0.4, 0.5) is 51.2 Å². The summed E-state index contributed by atoms with van der Waals surface area (Å²) in [5, 5.41) is 7.24. The molecule has 2 aliphatic rings. The predicted molar refractivity (Wildman–Crippen MR) is 497 cm³/mol. The fourth-order valence-corrected chi connectivity index (χ4v) is 19.0. The van der Waals surface area contributed by atoms with E-state index in [4.69, 9.17) is 0 Å². The zero-order valence-corrected chi connectivity index (χ0v) is 66.3. The summed E-state index contributed by atoms with van der Waals surface area (Å²) in [6.45, 7) is 13.7. The van der Waals surface area contributed by atoms with Gasteiger partial charge in [0.1, 0.15) is 0 Å². The third-order valence-corrected chi connectivity index (χ3v) is 24.6. The molecule has 0 spiro atoms. The average molecular weight is 1500 g/mol. The number of fused-ring (bicyclic) bond motifs is 13. The molecule has 0 saturated heterocycles. The first-order valence-electron chi connectivity index (χ1n) is 40.9. The van der Waals surface area contributed by atoms with Gasteiger partial charge in [-0.3, -0.25) is 0 Å². The van der Waals surface area contributed by atoms with Crippen LogP contribution in [0.25, 0.3) is 127 Å². The van der Waals surface area contributed by atoms with Crippen LogP contribution in [0.5, 0.6) is 0 Å². The largest absolute Gasteiger partial charge is 0.311 e. The summed E-state index contributed by atoms with van der Waals surface area (Å²) in [6.07, 6.45) is 0. The van der Waals surface area contributed by atoms with E-state index in [9.17, 15) is 0 Å². The van der Waals surface area contributed by atoms with Crippen LogP contribution in [0, 0.1) is 0 Å². The highest BCUT2D eigenvalue weighted by Crippen LogP contribution is 2.52. The van der Waals surface area contributed by atoms with Gasteiger partial charge in [-0.1, -0.05) is 278 Å². The molecule has 22 rings (SSSR count). The van der Waals surface area contributed by atoms with Gasteiger partial charge in [0.2, 0.25) is 0 Å². The van der Waals surface area contributed by atoms with Crippen molar-refractivity contribution >= 4 is 140 Å². The van der Waals surface area contributed by atoms with E-state index in [1.54, 1.807) is 0 Å². The summed E-state index contributed by atoms with van der Waals surface area (Å²) < 4.78 is 7.60. The molecule has 0 bridgehead atoms. The van der Waals surface area contributed by atoms with Gasteiger partial charge in [0, 0.05) is 94.9 Å². The molecule has 117 heavy (non-hydrogen) atoms. The first-order valence-corrected chi connectivity index (χ1v) is 40.9. The molecule has 0 atom stereocenters. The van der Waals surface area contributed by atoms with Crippen LogP contribution in [0.1, 0.15) is 52.7 Å². The van der Waals surface area contributed by atoms with Gasteiger partial charge in [-0.15, -0.1) is 0 Å². The summed E-state index contributed by atoms with van der Waals surface area (Å²) >= 11 is 0. The molecule has 556 valence electrons. The zero-order chi connectivity index (χ0) is 78.4.